The Kier molecular flexibility index (Phi) is 5.27. The van der Waals surface area contributed by atoms with E-state index >= 15 is 0 Å². The average Bonchev–Trinajstić information content (AvgIpc) is 2.54. The molecule has 1 aromatic carbocycles. The number of anilines is 1. The van der Waals surface area contributed by atoms with E-state index in [1.807, 2.05) is 22.9 Å². The van der Waals surface area contributed by atoms with Crippen molar-refractivity contribution < 1.29 is 17.1 Å². The molecule has 98 valence electrons. The van der Waals surface area contributed by atoms with Crippen molar-refractivity contribution in [3.05, 3.63) is 34.8 Å². The molecule has 0 aliphatic heterocycles. The molecule has 0 unspecified atom stereocenters. The molecule has 0 saturated carbocycles. The molecule has 0 spiro atoms. The molecule has 5 heteroatoms. The van der Waals surface area contributed by atoms with Gasteiger partial charge in [0.1, 0.15) is 0 Å². The number of benzene rings is 1. The van der Waals surface area contributed by atoms with Gasteiger partial charge in [0, 0.05) is 0 Å². The van der Waals surface area contributed by atoms with Crippen LogP contribution in [0, 0.1) is 6.92 Å². The van der Waals surface area contributed by atoms with Gasteiger partial charge in [-0.3, -0.25) is 0 Å². The number of hydrogen-bond acceptors (Lipinski definition) is 2. The summed E-state index contributed by atoms with van der Waals surface area (Å²) >= 11 is 0.310. The average molecular weight is 331 g/mol. The van der Waals surface area contributed by atoms with Gasteiger partial charge in [-0.25, -0.2) is 0 Å². The van der Waals surface area contributed by atoms with Crippen molar-refractivity contribution in [2.75, 3.05) is 11.2 Å². The first-order chi connectivity index (χ1) is 8.09. The third kappa shape index (κ3) is 3.08. The van der Waals surface area contributed by atoms with E-state index in [0.717, 1.165) is 10.4 Å². The molecule has 0 amide bonds. The van der Waals surface area contributed by atoms with Crippen LogP contribution in [0.1, 0.15) is 18.3 Å². The number of halogens is 1. The van der Waals surface area contributed by atoms with Crippen molar-refractivity contribution in [3.63, 3.8) is 0 Å². The van der Waals surface area contributed by atoms with Crippen LogP contribution in [0.3, 0.4) is 0 Å². The topological polar surface area (TPSA) is 41.9 Å². The summed E-state index contributed by atoms with van der Waals surface area (Å²) in [6, 6.07) is 10.7. The van der Waals surface area contributed by atoms with E-state index in [0.29, 0.717) is 20.5 Å². The van der Waals surface area contributed by atoms with Gasteiger partial charge in [0.15, 0.2) is 0 Å². The Labute approximate surface area is 120 Å². The molecule has 0 aliphatic rings. The second kappa shape index (κ2) is 6.28. The van der Waals surface area contributed by atoms with Crippen LogP contribution in [-0.4, -0.2) is 20.5 Å². The summed E-state index contributed by atoms with van der Waals surface area (Å²) in [7, 11) is 0. The number of nitrogen functional groups attached to an aromatic ring is 1. The van der Waals surface area contributed by atoms with E-state index in [1.165, 1.54) is 10.0 Å². The van der Waals surface area contributed by atoms with E-state index in [4.69, 9.17) is 5.84 Å². The second-order valence-corrected chi connectivity index (χ2v) is 6.87. The van der Waals surface area contributed by atoms with Gasteiger partial charge in [-0.2, -0.15) is 0 Å². The van der Waals surface area contributed by atoms with Crippen molar-refractivity contribution in [3.8, 4) is 11.3 Å². The zero-order valence-corrected chi connectivity index (χ0v) is 13.2. The fraction of sp³-hybridized carbons (Fsp3) is 0.308. The standard InChI is InChI=1S/C13H17N3Se.ClH/c1-9(2)15-13-16(14)12(10(3)17-13)11-7-5-4-6-8-11;/h4-9H,14H2,1-3H3;1H. The van der Waals surface area contributed by atoms with Crippen LogP contribution in [0.15, 0.2) is 30.3 Å². The number of aromatic nitrogens is 1. The molecule has 18 heavy (non-hydrogen) atoms. The zero-order chi connectivity index (χ0) is 12.4. The van der Waals surface area contributed by atoms with Crippen LogP contribution in [0.2, 0.25) is 0 Å². The number of hydrogen-bond donors (Lipinski definition) is 2. The summed E-state index contributed by atoms with van der Waals surface area (Å²) in [6.45, 7) is 6.43. The number of nitrogens with zero attached hydrogens (tertiary/aromatic N) is 1. The summed E-state index contributed by atoms with van der Waals surface area (Å²) in [4.78, 5) is 0. The van der Waals surface area contributed by atoms with Crippen LogP contribution in [0.5, 0.6) is 0 Å². The predicted molar refractivity (Wildman–Crippen MR) is 72.7 cm³/mol. The first-order valence-electron chi connectivity index (χ1n) is 5.72. The molecule has 0 atom stereocenters. The van der Waals surface area contributed by atoms with Gasteiger partial charge < -0.3 is 12.4 Å². The predicted octanol–water partition coefficient (Wildman–Crippen LogP) is -1.46. The van der Waals surface area contributed by atoms with E-state index in [2.05, 4.69) is 38.2 Å². The van der Waals surface area contributed by atoms with Crippen molar-refractivity contribution >= 4 is 19.2 Å². The molecule has 0 aliphatic carbocycles. The third-order valence-corrected chi connectivity index (χ3v) is 4.62. The maximum Gasteiger partial charge on any atom is -1.00 e. The summed E-state index contributed by atoms with van der Waals surface area (Å²) < 4.78 is 4.32. The van der Waals surface area contributed by atoms with Gasteiger partial charge in [0.25, 0.3) is 0 Å². The molecule has 0 saturated heterocycles. The van der Waals surface area contributed by atoms with Crippen LogP contribution in [-0.2, 0) is 0 Å². The van der Waals surface area contributed by atoms with Gasteiger partial charge >= 0.3 is 108 Å². The van der Waals surface area contributed by atoms with Crippen molar-refractivity contribution in [1.82, 2.24) is 0 Å². The van der Waals surface area contributed by atoms with E-state index in [-0.39, 0.29) is 12.4 Å². The van der Waals surface area contributed by atoms with Gasteiger partial charge in [-0.1, -0.05) is 0 Å². The molecule has 0 fully saturated rings. The Bertz CT molecular complexity index is 508. The SMILES string of the molecule is Cc1[se]c(NC(C)C)[n+](N)c1-c1ccccc1.[Cl-]. The molecule has 2 rings (SSSR count). The number of nitrogens with two attached hydrogens (primary N) is 1. The number of rotatable bonds is 3. The van der Waals surface area contributed by atoms with Crippen molar-refractivity contribution in [1.29, 1.82) is 0 Å². The molecular formula is C13H18ClN3Se. The molecule has 1 heterocycles. The van der Waals surface area contributed by atoms with Crippen LogP contribution in [0.4, 0.5) is 4.69 Å². The van der Waals surface area contributed by atoms with Gasteiger partial charge in [-0.05, 0) is 0 Å². The van der Waals surface area contributed by atoms with E-state index in [1.54, 1.807) is 0 Å². The first-order valence-corrected chi connectivity index (χ1v) is 7.43. The number of aryl methyl sites for hydroxylation is 1. The van der Waals surface area contributed by atoms with Gasteiger partial charge in [0.05, 0.1) is 0 Å². The molecule has 3 N–H and O–H groups in total. The minimum Gasteiger partial charge on any atom is -1.00 e. The summed E-state index contributed by atoms with van der Waals surface area (Å²) in [5, 5.41) is 3.43. The van der Waals surface area contributed by atoms with Crippen molar-refractivity contribution in [2.24, 2.45) is 0 Å². The number of nitrogens with one attached hydrogen (secondary N) is 1. The molecule has 3 nitrogen and oxygen atoms in total. The summed E-state index contributed by atoms with van der Waals surface area (Å²) in [6.07, 6.45) is 0. The Morgan fingerprint density at radius 2 is 1.83 bits per heavy atom. The quantitative estimate of drug-likeness (QED) is 0.411. The molecule has 0 bridgehead atoms. The Hall–Kier alpha value is -0.961. The van der Waals surface area contributed by atoms with Crippen LogP contribution in [0.25, 0.3) is 11.3 Å². The zero-order valence-electron chi connectivity index (χ0n) is 10.8. The van der Waals surface area contributed by atoms with E-state index in [9.17, 15) is 0 Å². The van der Waals surface area contributed by atoms with Crippen LogP contribution < -0.4 is 28.2 Å². The van der Waals surface area contributed by atoms with Crippen molar-refractivity contribution in [2.45, 2.75) is 26.8 Å². The smallest absolute Gasteiger partial charge is 1.00 e. The fourth-order valence-corrected chi connectivity index (χ4v) is 4.08. The Morgan fingerprint density at radius 1 is 1.22 bits per heavy atom. The van der Waals surface area contributed by atoms with Crippen LogP contribution >= 0.6 is 0 Å². The van der Waals surface area contributed by atoms with E-state index < -0.39 is 0 Å². The summed E-state index contributed by atoms with van der Waals surface area (Å²) in [5.74, 6) is 6.19. The largest absolute Gasteiger partial charge is 1.00 e. The second-order valence-electron chi connectivity index (χ2n) is 4.35. The fourth-order valence-electron chi connectivity index (χ4n) is 1.80. The maximum absolute atomic E-state index is 6.19. The summed E-state index contributed by atoms with van der Waals surface area (Å²) in [5.41, 5.74) is 2.34. The molecular weight excluding hydrogens is 313 g/mol. The maximum atomic E-state index is 6.19. The molecule has 1 aromatic heterocycles. The third-order valence-electron chi connectivity index (χ3n) is 2.50. The normalized spacial score (nSPS) is 10.2. The molecule has 0 radical (unpaired) electrons. The monoisotopic (exact) mass is 331 g/mol. The Balaban J connectivity index is 0.00000162. The van der Waals surface area contributed by atoms with Gasteiger partial charge in [-0.15, -0.1) is 0 Å². The molecule has 2 aromatic rings. The minimum atomic E-state index is 0. The van der Waals surface area contributed by atoms with Gasteiger partial charge in [0.2, 0.25) is 0 Å². The first kappa shape index (κ1) is 15.1. The minimum absolute atomic E-state index is 0. The Morgan fingerprint density at radius 3 is 2.39 bits per heavy atom.